The third kappa shape index (κ3) is 1.35. The molecule has 0 bridgehead atoms. The molecule has 1 aromatic carbocycles. The fourth-order valence-corrected chi connectivity index (χ4v) is 1.06. The highest BCUT2D eigenvalue weighted by Gasteiger charge is 2.01. The van der Waals surface area contributed by atoms with E-state index in [1.165, 1.54) is 0 Å². The maximum Gasteiger partial charge on any atom is 0.153 e. The molecule has 0 unspecified atom stereocenters. The Morgan fingerprint density at radius 1 is 1.23 bits per heavy atom. The molecule has 0 saturated heterocycles. The van der Waals surface area contributed by atoms with Crippen molar-refractivity contribution in [1.29, 1.82) is 0 Å². The Morgan fingerprint density at radius 3 is 2.46 bits per heavy atom. The number of aryl methyl sites for hydroxylation is 1. The fourth-order valence-electron chi connectivity index (χ4n) is 1.06. The van der Waals surface area contributed by atoms with Crippen LogP contribution in [0.3, 0.4) is 0 Å². The molecule has 66 valence electrons. The van der Waals surface area contributed by atoms with E-state index in [9.17, 15) is 0 Å². The Morgan fingerprint density at radius 2 is 1.92 bits per heavy atom. The van der Waals surface area contributed by atoms with E-state index in [1.807, 2.05) is 6.92 Å². The lowest BCUT2D eigenvalue weighted by Crippen LogP contribution is -1.98. The summed E-state index contributed by atoms with van der Waals surface area (Å²) in [6, 6.07) is 6.68. The maximum absolute atomic E-state index is 9.06. The first kappa shape index (κ1) is 7.72. The zero-order valence-corrected chi connectivity index (χ0v) is 7.05. The van der Waals surface area contributed by atoms with E-state index in [0.717, 1.165) is 5.69 Å². The zero-order chi connectivity index (χ0) is 9.26. The highest BCUT2D eigenvalue weighted by atomic mass is 16.3. The van der Waals surface area contributed by atoms with Gasteiger partial charge in [0.2, 0.25) is 0 Å². The normalized spacial score (nSPS) is 10.2. The van der Waals surface area contributed by atoms with Crippen molar-refractivity contribution in [1.82, 2.24) is 20.2 Å². The zero-order valence-electron chi connectivity index (χ0n) is 7.05. The SMILES string of the molecule is Cc1nnnn1-c1ccc(O)cc1. The molecule has 5 nitrogen and oxygen atoms in total. The topological polar surface area (TPSA) is 63.8 Å². The van der Waals surface area contributed by atoms with Crippen molar-refractivity contribution in [3.8, 4) is 11.4 Å². The van der Waals surface area contributed by atoms with Gasteiger partial charge in [0.05, 0.1) is 5.69 Å². The lowest BCUT2D eigenvalue weighted by molar-refractivity contribution is 0.475. The van der Waals surface area contributed by atoms with Gasteiger partial charge < -0.3 is 5.11 Å². The minimum absolute atomic E-state index is 0.231. The molecule has 5 heteroatoms. The van der Waals surface area contributed by atoms with Gasteiger partial charge in [-0.1, -0.05) is 0 Å². The molecule has 1 heterocycles. The van der Waals surface area contributed by atoms with Crippen LogP contribution in [-0.2, 0) is 0 Å². The van der Waals surface area contributed by atoms with Crippen molar-refractivity contribution in [2.75, 3.05) is 0 Å². The van der Waals surface area contributed by atoms with Gasteiger partial charge in [-0.25, -0.2) is 0 Å². The lowest BCUT2D eigenvalue weighted by atomic mass is 10.3. The molecule has 2 aromatic rings. The summed E-state index contributed by atoms with van der Waals surface area (Å²) in [6.07, 6.45) is 0. The van der Waals surface area contributed by atoms with E-state index in [-0.39, 0.29) is 5.75 Å². The van der Waals surface area contributed by atoms with E-state index in [1.54, 1.807) is 28.9 Å². The molecule has 2 rings (SSSR count). The number of aromatic nitrogens is 4. The summed E-state index contributed by atoms with van der Waals surface area (Å²) in [5, 5.41) is 20.1. The van der Waals surface area contributed by atoms with Gasteiger partial charge in [0, 0.05) is 0 Å². The van der Waals surface area contributed by atoms with Crippen molar-refractivity contribution in [2.45, 2.75) is 6.92 Å². The van der Waals surface area contributed by atoms with E-state index in [2.05, 4.69) is 15.5 Å². The molecule has 0 atom stereocenters. The van der Waals surface area contributed by atoms with Crippen LogP contribution in [0.5, 0.6) is 5.75 Å². The molecule has 0 aliphatic heterocycles. The summed E-state index contributed by atoms with van der Waals surface area (Å²) in [4.78, 5) is 0. The van der Waals surface area contributed by atoms with Gasteiger partial charge in [0.1, 0.15) is 5.75 Å². The van der Waals surface area contributed by atoms with Crippen molar-refractivity contribution in [3.63, 3.8) is 0 Å². The third-order valence-electron chi connectivity index (χ3n) is 1.72. The van der Waals surface area contributed by atoms with E-state index >= 15 is 0 Å². The Bertz CT molecular complexity index is 406. The smallest absolute Gasteiger partial charge is 0.153 e. The summed E-state index contributed by atoms with van der Waals surface area (Å²) in [7, 11) is 0. The number of rotatable bonds is 1. The number of phenolic OH excluding ortho intramolecular Hbond substituents is 1. The molecule has 1 N–H and O–H groups in total. The predicted molar refractivity (Wildman–Crippen MR) is 45.6 cm³/mol. The maximum atomic E-state index is 9.06. The highest BCUT2D eigenvalue weighted by molar-refractivity contribution is 5.36. The van der Waals surface area contributed by atoms with Crippen molar-refractivity contribution in [2.24, 2.45) is 0 Å². The Balaban J connectivity index is 2.47. The molecule has 0 radical (unpaired) electrons. The summed E-state index contributed by atoms with van der Waals surface area (Å²) in [5.41, 5.74) is 0.834. The van der Waals surface area contributed by atoms with Crippen molar-refractivity contribution >= 4 is 0 Å². The largest absolute Gasteiger partial charge is 0.508 e. The lowest BCUT2D eigenvalue weighted by Gasteiger charge is -2.00. The Labute approximate surface area is 74.6 Å². The molecule has 0 aliphatic carbocycles. The molecule has 0 spiro atoms. The van der Waals surface area contributed by atoms with Crippen LogP contribution in [0, 0.1) is 6.92 Å². The number of hydrogen-bond donors (Lipinski definition) is 1. The third-order valence-corrected chi connectivity index (χ3v) is 1.72. The van der Waals surface area contributed by atoms with Crippen LogP contribution < -0.4 is 0 Å². The fraction of sp³-hybridized carbons (Fsp3) is 0.125. The number of tetrazole rings is 1. The average molecular weight is 176 g/mol. The van der Waals surface area contributed by atoms with Crippen molar-refractivity contribution in [3.05, 3.63) is 30.1 Å². The van der Waals surface area contributed by atoms with Gasteiger partial charge in [-0.2, -0.15) is 4.68 Å². The van der Waals surface area contributed by atoms with Crippen LogP contribution in [-0.4, -0.2) is 25.3 Å². The van der Waals surface area contributed by atoms with Gasteiger partial charge in [-0.3, -0.25) is 0 Å². The van der Waals surface area contributed by atoms with Crippen LogP contribution in [0.1, 0.15) is 5.82 Å². The first-order valence-corrected chi connectivity index (χ1v) is 3.82. The minimum Gasteiger partial charge on any atom is -0.508 e. The summed E-state index contributed by atoms with van der Waals surface area (Å²) >= 11 is 0. The first-order valence-electron chi connectivity index (χ1n) is 3.82. The first-order chi connectivity index (χ1) is 6.27. The quantitative estimate of drug-likeness (QED) is 0.693. The van der Waals surface area contributed by atoms with Crippen LogP contribution in [0.15, 0.2) is 24.3 Å². The number of phenols is 1. The molecule has 0 aliphatic rings. The van der Waals surface area contributed by atoms with Crippen molar-refractivity contribution < 1.29 is 5.11 Å². The Hall–Kier alpha value is -1.91. The monoisotopic (exact) mass is 176 g/mol. The number of aromatic hydroxyl groups is 1. The van der Waals surface area contributed by atoms with Gasteiger partial charge in [0.25, 0.3) is 0 Å². The Kier molecular flexibility index (Phi) is 1.70. The van der Waals surface area contributed by atoms with Crippen LogP contribution in [0.25, 0.3) is 5.69 Å². The van der Waals surface area contributed by atoms with Crippen LogP contribution in [0.4, 0.5) is 0 Å². The number of nitrogens with zero attached hydrogens (tertiary/aromatic N) is 4. The second-order valence-corrected chi connectivity index (χ2v) is 2.65. The number of benzene rings is 1. The van der Waals surface area contributed by atoms with E-state index in [0.29, 0.717) is 5.82 Å². The summed E-state index contributed by atoms with van der Waals surface area (Å²) < 4.78 is 1.60. The molecular weight excluding hydrogens is 168 g/mol. The van der Waals surface area contributed by atoms with Gasteiger partial charge in [-0.15, -0.1) is 5.10 Å². The van der Waals surface area contributed by atoms with Gasteiger partial charge in [0.15, 0.2) is 5.82 Å². The molecule has 0 amide bonds. The minimum atomic E-state index is 0.231. The summed E-state index contributed by atoms with van der Waals surface area (Å²) in [5.74, 6) is 0.945. The second kappa shape index (κ2) is 2.85. The average Bonchev–Trinajstić information content (AvgIpc) is 2.53. The van der Waals surface area contributed by atoms with Gasteiger partial charge in [-0.05, 0) is 41.6 Å². The number of hydrogen-bond acceptors (Lipinski definition) is 4. The van der Waals surface area contributed by atoms with E-state index in [4.69, 9.17) is 5.11 Å². The molecule has 1 aromatic heterocycles. The second-order valence-electron chi connectivity index (χ2n) is 2.65. The molecule has 13 heavy (non-hydrogen) atoms. The van der Waals surface area contributed by atoms with Gasteiger partial charge >= 0.3 is 0 Å². The molecule has 0 saturated carbocycles. The predicted octanol–water partition coefficient (Wildman–Crippen LogP) is 0.676. The summed E-state index contributed by atoms with van der Waals surface area (Å²) in [6.45, 7) is 1.81. The van der Waals surface area contributed by atoms with Crippen LogP contribution >= 0.6 is 0 Å². The van der Waals surface area contributed by atoms with Crippen LogP contribution in [0.2, 0.25) is 0 Å². The highest BCUT2D eigenvalue weighted by Crippen LogP contribution is 2.12. The molecule has 0 fully saturated rings. The van der Waals surface area contributed by atoms with E-state index < -0.39 is 0 Å². The standard InChI is InChI=1S/C8H8N4O/c1-6-9-10-11-12(6)7-2-4-8(13)5-3-7/h2-5,13H,1H3. The molecular formula is C8H8N4O.